The lowest BCUT2D eigenvalue weighted by atomic mass is 10.2. The van der Waals surface area contributed by atoms with Gasteiger partial charge >= 0.3 is 0 Å². The van der Waals surface area contributed by atoms with E-state index in [1.165, 1.54) is 5.69 Å². The van der Waals surface area contributed by atoms with Crippen molar-refractivity contribution in [1.82, 2.24) is 5.32 Å². The third kappa shape index (κ3) is 2.63. The van der Waals surface area contributed by atoms with Crippen molar-refractivity contribution in [1.29, 1.82) is 0 Å². The minimum Gasteiger partial charge on any atom is -0.369 e. The van der Waals surface area contributed by atoms with Crippen molar-refractivity contribution in [2.24, 2.45) is 0 Å². The van der Waals surface area contributed by atoms with Gasteiger partial charge in [-0.2, -0.15) is 0 Å². The number of halogens is 1. The van der Waals surface area contributed by atoms with Gasteiger partial charge in [-0.25, -0.2) is 0 Å². The number of hydrogen-bond acceptors (Lipinski definition) is 2. The molecule has 1 aromatic carbocycles. The quantitative estimate of drug-likeness (QED) is 0.765. The molecule has 14 heavy (non-hydrogen) atoms. The van der Waals surface area contributed by atoms with Crippen molar-refractivity contribution >= 4 is 18.1 Å². The van der Waals surface area contributed by atoms with Crippen molar-refractivity contribution in [2.45, 2.75) is 13.0 Å². The van der Waals surface area contributed by atoms with Gasteiger partial charge in [0, 0.05) is 31.4 Å². The molecule has 1 saturated heterocycles. The Kier molecular flexibility index (Phi) is 4.23. The largest absolute Gasteiger partial charge is 0.369 e. The molecule has 1 atom stereocenters. The van der Waals surface area contributed by atoms with Gasteiger partial charge in [0.05, 0.1) is 0 Å². The molecule has 1 aliphatic rings. The van der Waals surface area contributed by atoms with E-state index in [1.54, 1.807) is 0 Å². The Morgan fingerprint density at radius 1 is 1.29 bits per heavy atom. The summed E-state index contributed by atoms with van der Waals surface area (Å²) in [5.74, 6) is 0. The van der Waals surface area contributed by atoms with Crippen LogP contribution in [0.4, 0.5) is 5.69 Å². The topological polar surface area (TPSA) is 15.3 Å². The van der Waals surface area contributed by atoms with Gasteiger partial charge in [0.1, 0.15) is 0 Å². The van der Waals surface area contributed by atoms with Crippen LogP contribution in [0, 0.1) is 0 Å². The Labute approximate surface area is 91.7 Å². The van der Waals surface area contributed by atoms with Crippen molar-refractivity contribution < 1.29 is 0 Å². The highest BCUT2D eigenvalue weighted by atomic mass is 35.5. The molecular weight excluding hydrogens is 196 g/mol. The molecule has 0 amide bonds. The molecule has 0 saturated carbocycles. The predicted octanol–water partition coefficient (Wildman–Crippen LogP) is 1.91. The number of benzene rings is 1. The van der Waals surface area contributed by atoms with Crippen LogP contribution in [-0.2, 0) is 0 Å². The summed E-state index contributed by atoms with van der Waals surface area (Å²) < 4.78 is 0. The first-order valence-electron chi connectivity index (χ1n) is 4.89. The van der Waals surface area contributed by atoms with Crippen molar-refractivity contribution in [3.05, 3.63) is 30.3 Å². The summed E-state index contributed by atoms with van der Waals surface area (Å²) >= 11 is 0. The van der Waals surface area contributed by atoms with Gasteiger partial charge in [0.2, 0.25) is 0 Å². The Morgan fingerprint density at radius 2 is 2.00 bits per heavy atom. The van der Waals surface area contributed by atoms with E-state index >= 15 is 0 Å². The van der Waals surface area contributed by atoms with Crippen LogP contribution in [0.25, 0.3) is 0 Å². The molecule has 1 aliphatic heterocycles. The second-order valence-corrected chi connectivity index (χ2v) is 3.64. The molecule has 1 unspecified atom stereocenters. The zero-order valence-corrected chi connectivity index (χ0v) is 9.26. The summed E-state index contributed by atoms with van der Waals surface area (Å²) in [5.41, 5.74) is 1.34. The van der Waals surface area contributed by atoms with Crippen molar-refractivity contribution in [2.75, 3.05) is 24.5 Å². The Hall–Kier alpha value is -0.730. The first kappa shape index (κ1) is 11.3. The number of anilines is 1. The molecule has 0 aromatic heterocycles. The average Bonchev–Trinajstić information content (AvgIpc) is 2.19. The molecule has 1 heterocycles. The fraction of sp³-hybridized carbons (Fsp3) is 0.455. The number of nitrogens with one attached hydrogen (secondary N) is 1. The van der Waals surface area contributed by atoms with E-state index in [0.717, 1.165) is 19.6 Å². The summed E-state index contributed by atoms with van der Waals surface area (Å²) in [4.78, 5) is 2.43. The molecule has 78 valence electrons. The Bertz CT molecular complexity index is 263. The van der Waals surface area contributed by atoms with Crippen LogP contribution < -0.4 is 10.2 Å². The fourth-order valence-corrected chi connectivity index (χ4v) is 1.81. The van der Waals surface area contributed by atoms with Gasteiger partial charge < -0.3 is 10.2 Å². The van der Waals surface area contributed by atoms with E-state index in [4.69, 9.17) is 0 Å². The van der Waals surface area contributed by atoms with Crippen LogP contribution in [0.15, 0.2) is 30.3 Å². The first-order chi connectivity index (χ1) is 6.36. The smallest absolute Gasteiger partial charge is 0.0367 e. The van der Waals surface area contributed by atoms with Crippen LogP contribution >= 0.6 is 12.4 Å². The summed E-state index contributed by atoms with van der Waals surface area (Å²) in [6.07, 6.45) is 0. The molecule has 0 spiro atoms. The van der Waals surface area contributed by atoms with Gasteiger partial charge in [-0.15, -0.1) is 12.4 Å². The molecule has 1 N–H and O–H groups in total. The minimum absolute atomic E-state index is 0. The number of piperazine rings is 1. The normalized spacial score (nSPS) is 21.5. The lowest BCUT2D eigenvalue weighted by Crippen LogP contribution is -2.49. The molecule has 2 nitrogen and oxygen atoms in total. The molecule has 1 aromatic rings. The summed E-state index contributed by atoms with van der Waals surface area (Å²) in [7, 11) is 0. The van der Waals surface area contributed by atoms with Crippen LogP contribution in [0.2, 0.25) is 0 Å². The lowest BCUT2D eigenvalue weighted by molar-refractivity contribution is 0.485. The second-order valence-electron chi connectivity index (χ2n) is 3.64. The SMILES string of the molecule is CC1CN(c2ccccc2)CCN1.Cl. The van der Waals surface area contributed by atoms with Gasteiger partial charge in [0.15, 0.2) is 0 Å². The summed E-state index contributed by atoms with van der Waals surface area (Å²) in [6.45, 7) is 5.56. The molecule has 0 radical (unpaired) electrons. The maximum Gasteiger partial charge on any atom is 0.0367 e. The van der Waals surface area contributed by atoms with E-state index in [9.17, 15) is 0 Å². The predicted molar refractivity (Wildman–Crippen MR) is 63.4 cm³/mol. The van der Waals surface area contributed by atoms with Crippen molar-refractivity contribution in [3.8, 4) is 0 Å². The highest BCUT2D eigenvalue weighted by Gasteiger charge is 2.14. The van der Waals surface area contributed by atoms with E-state index in [1.807, 2.05) is 0 Å². The second kappa shape index (κ2) is 5.23. The fourth-order valence-electron chi connectivity index (χ4n) is 1.81. The highest BCUT2D eigenvalue weighted by Crippen LogP contribution is 2.14. The lowest BCUT2D eigenvalue weighted by Gasteiger charge is -2.33. The highest BCUT2D eigenvalue weighted by molar-refractivity contribution is 5.85. The van der Waals surface area contributed by atoms with Gasteiger partial charge in [-0.3, -0.25) is 0 Å². The van der Waals surface area contributed by atoms with E-state index in [2.05, 4.69) is 47.5 Å². The van der Waals surface area contributed by atoms with Crippen LogP contribution in [-0.4, -0.2) is 25.7 Å². The molecule has 0 aliphatic carbocycles. The monoisotopic (exact) mass is 212 g/mol. The average molecular weight is 213 g/mol. The third-order valence-electron chi connectivity index (χ3n) is 2.49. The van der Waals surface area contributed by atoms with Crippen molar-refractivity contribution in [3.63, 3.8) is 0 Å². The standard InChI is InChI=1S/C11H16N2.ClH/c1-10-9-13(8-7-12-10)11-5-3-2-4-6-11;/h2-6,10,12H,7-9H2,1H3;1H. The summed E-state index contributed by atoms with van der Waals surface area (Å²) in [6, 6.07) is 11.2. The molecule has 2 rings (SSSR count). The Morgan fingerprint density at radius 3 is 2.64 bits per heavy atom. The van der Waals surface area contributed by atoms with Gasteiger partial charge in [-0.1, -0.05) is 18.2 Å². The zero-order chi connectivity index (χ0) is 9.10. The molecule has 1 fully saturated rings. The number of nitrogens with zero attached hydrogens (tertiary/aromatic N) is 1. The van der Waals surface area contributed by atoms with E-state index in [-0.39, 0.29) is 12.4 Å². The van der Waals surface area contributed by atoms with Gasteiger partial charge in [-0.05, 0) is 19.1 Å². The minimum atomic E-state index is 0. The van der Waals surface area contributed by atoms with Crippen LogP contribution in [0.3, 0.4) is 0 Å². The molecular formula is C11H17ClN2. The van der Waals surface area contributed by atoms with E-state index in [0.29, 0.717) is 6.04 Å². The molecule has 3 heteroatoms. The zero-order valence-electron chi connectivity index (χ0n) is 8.44. The Balaban J connectivity index is 0.000000980. The number of rotatable bonds is 1. The van der Waals surface area contributed by atoms with E-state index < -0.39 is 0 Å². The van der Waals surface area contributed by atoms with Gasteiger partial charge in [0.25, 0.3) is 0 Å². The maximum atomic E-state index is 3.44. The van der Waals surface area contributed by atoms with Crippen LogP contribution in [0.5, 0.6) is 0 Å². The number of hydrogen-bond donors (Lipinski definition) is 1. The molecule has 0 bridgehead atoms. The first-order valence-corrected chi connectivity index (χ1v) is 4.89. The maximum absolute atomic E-state index is 3.44. The third-order valence-corrected chi connectivity index (χ3v) is 2.49. The summed E-state index contributed by atoms with van der Waals surface area (Å²) in [5, 5.41) is 3.44. The van der Waals surface area contributed by atoms with Crippen LogP contribution in [0.1, 0.15) is 6.92 Å². The number of para-hydroxylation sites is 1.